The van der Waals surface area contributed by atoms with Crippen LogP contribution in [0.2, 0.25) is 0 Å². The average Bonchev–Trinajstić information content (AvgIpc) is 3.06. The number of carbonyl (C=O) groups is 3. The van der Waals surface area contributed by atoms with Crippen LogP contribution in [0.4, 0.5) is 0 Å². The number of aliphatic hydroxyl groups excluding tert-OH is 1. The molecule has 2 heterocycles. The first-order valence-electron chi connectivity index (χ1n) is 8.03. The number of amides is 2. The van der Waals surface area contributed by atoms with Gasteiger partial charge in [-0.25, -0.2) is 4.79 Å². The number of phenols is 1. The average molecular weight is 348 g/mol. The second kappa shape index (κ2) is 6.12. The fraction of sp³-hybridized carbons (Fsp3) is 0.471. The molecular weight excluding hydrogens is 328 g/mol. The van der Waals surface area contributed by atoms with Crippen LogP contribution in [0.1, 0.15) is 18.5 Å². The van der Waals surface area contributed by atoms with Crippen molar-refractivity contribution in [1.29, 1.82) is 0 Å². The smallest absolute Gasteiger partial charge is 0.329 e. The van der Waals surface area contributed by atoms with Gasteiger partial charge in [-0.05, 0) is 24.6 Å². The van der Waals surface area contributed by atoms with E-state index in [0.717, 1.165) is 4.90 Å². The third kappa shape index (κ3) is 2.40. The van der Waals surface area contributed by atoms with Crippen LogP contribution < -0.4 is 5.32 Å². The molecule has 0 radical (unpaired) electrons. The predicted molar refractivity (Wildman–Crippen MR) is 85.2 cm³/mol. The molecule has 0 bridgehead atoms. The van der Waals surface area contributed by atoms with Gasteiger partial charge in [0.2, 0.25) is 11.8 Å². The summed E-state index contributed by atoms with van der Waals surface area (Å²) in [5.41, 5.74) is -1.05. The molecule has 1 aromatic carbocycles. The maximum absolute atomic E-state index is 12.6. The fourth-order valence-electron chi connectivity index (χ4n) is 3.77. The SMILES string of the molecule is CCOC(=O)[C@]1(CO)N[C@H](c2ccc(O)cc2)[C@H]2C(=O)N(C)C(=O)[C@H]21. The van der Waals surface area contributed by atoms with Crippen molar-refractivity contribution in [2.45, 2.75) is 18.5 Å². The highest BCUT2D eigenvalue weighted by Gasteiger charge is 2.68. The number of hydrogen-bond acceptors (Lipinski definition) is 7. The van der Waals surface area contributed by atoms with Gasteiger partial charge in [-0.1, -0.05) is 12.1 Å². The minimum Gasteiger partial charge on any atom is -0.508 e. The van der Waals surface area contributed by atoms with Crippen molar-refractivity contribution in [1.82, 2.24) is 10.2 Å². The van der Waals surface area contributed by atoms with Crippen LogP contribution in [-0.4, -0.2) is 58.7 Å². The van der Waals surface area contributed by atoms with Crippen LogP contribution in [-0.2, 0) is 19.1 Å². The number of aliphatic hydroxyl groups is 1. The monoisotopic (exact) mass is 348 g/mol. The highest BCUT2D eigenvalue weighted by molar-refractivity contribution is 6.09. The van der Waals surface area contributed by atoms with E-state index in [1.165, 1.54) is 19.2 Å². The number of fused-ring (bicyclic) bond motifs is 1. The van der Waals surface area contributed by atoms with Crippen LogP contribution in [0, 0.1) is 11.8 Å². The summed E-state index contributed by atoms with van der Waals surface area (Å²) in [4.78, 5) is 38.8. The van der Waals surface area contributed by atoms with Gasteiger partial charge in [0.1, 0.15) is 5.75 Å². The molecule has 0 saturated carbocycles. The van der Waals surface area contributed by atoms with Gasteiger partial charge in [-0.15, -0.1) is 0 Å². The molecule has 0 spiro atoms. The lowest BCUT2D eigenvalue weighted by Crippen LogP contribution is -2.58. The number of imide groups is 1. The molecule has 2 saturated heterocycles. The molecule has 2 aliphatic rings. The van der Waals surface area contributed by atoms with Gasteiger partial charge < -0.3 is 14.9 Å². The molecular formula is C17H20N2O6. The van der Waals surface area contributed by atoms with Crippen LogP contribution in [0.3, 0.4) is 0 Å². The first-order chi connectivity index (χ1) is 11.9. The molecule has 3 rings (SSSR count). The standard InChI is InChI=1S/C17H20N2O6/c1-3-25-16(24)17(8-20)12-11(14(22)19(2)15(12)23)13(18-17)9-4-6-10(21)7-5-9/h4-7,11-13,18,20-21H,3,8H2,1-2H3/t11-,12-,13+,17+/m0/s1. The molecule has 2 aliphatic heterocycles. The molecule has 2 fully saturated rings. The summed E-state index contributed by atoms with van der Waals surface area (Å²) in [5, 5.41) is 22.4. The van der Waals surface area contributed by atoms with Gasteiger partial charge in [0.05, 0.1) is 25.0 Å². The minimum atomic E-state index is -1.68. The lowest BCUT2D eigenvalue weighted by molar-refractivity contribution is -0.158. The van der Waals surface area contributed by atoms with E-state index in [9.17, 15) is 24.6 Å². The van der Waals surface area contributed by atoms with E-state index in [0.29, 0.717) is 5.56 Å². The number of phenolic OH excluding ortho intramolecular Hbond substituents is 1. The Morgan fingerprint density at radius 2 is 1.92 bits per heavy atom. The van der Waals surface area contributed by atoms with Crippen LogP contribution >= 0.6 is 0 Å². The second-order valence-electron chi connectivity index (χ2n) is 6.30. The zero-order chi connectivity index (χ0) is 18.4. The first kappa shape index (κ1) is 17.4. The lowest BCUT2D eigenvalue weighted by Gasteiger charge is -2.30. The van der Waals surface area contributed by atoms with Gasteiger partial charge in [-0.3, -0.25) is 19.8 Å². The fourth-order valence-corrected chi connectivity index (χ4v) is 3.77. The molecule has 134 valence electrons. The molecule has 2 amide bonds. The Bertz CT molecular complexity index is 718. The molecule has 0 aromatic heterocycles. The number of nitrogens with one attached hydrogen (secondary N) is 1. The Morgan fingerprint density at radius 3 is 2.48 bits per heavy atom. The zero-order valence-corrected chi connectivity index (χ0v) is 13.9. The van der Waals surface area contributed by atoms with Crippen LogP contribution in [0.5, 0.6) is 5.75 Å². The second-order valence-corrected chi connectivity index (χ2v) is 6.30. The molecule has 8 nitrogen and oxygen atoms in total. The van der Waals surface area contributed by atoms with Crippen molar-refractivity contribution >= 4 is 17.8 Å². The molecule has 0 unspecified atom stereocenters. The third-order valence-corrected chi connectivity index (χ3v) is 5.02. The van der Waals surface area contributed by atoms with Crippen molar-refractivity contribution in [3.8, 4) is 5.75 Å². The van der Waals surface area contributed by atoms with Crippen molar-refractivity contribution < 1.29 is 29.3 Å². The number of ether oxygens (including phenoxy) is 1. The first-order valence-corrected chi connectivity index (χ1v) is 8.03. The summed E-state index contributed by atoms with van der Waals surface area (Å²) in [6.45, 7) is 1.04. The number of benzene rings is 1. The Morgan fingerprint density at radius 1 is 1.28 bits per heavy atom. The Labute approximate surface area is 144 Å². The van der Waals surface area contributed by atoms with E-state index in [4.69, 9.17) is 4.74 Å². The highest BCUT2D eigenvalue weighted by atomic mass is 16.5. The quantitative estimate of drug-likeness (QED) is 0.499. The largest absolute Gasteiger partial charge is 0.508 e. The lowest BCUT2D eigenvalue weighted by atomic mass is 9.79. The van der Waals surface area contributed by atoms with E-state index in [2.05, 4.69) is 5.32 Å². The van der Waals surface area contributed by atoms with E-state index in [1.807, 2.05) is 0 Å². The Kier molecular flexibility index (Phi) is 4.26. The molecule has 3 N–H and O–H groups in total. The van der Waals surface area contributed by atoms with Crippen molar-refractivity contribution in [3.63, 3.8) is 0 Å². The maximum atomic E-state index is 12.6. The van der Waals surface area contributed by atoms with E-state index < -0.39 is 47.8 Å². The highest BCUT2D eigenvalue weighted by Crippen LogP contribution is 2.48. The van der Waals surface area contributed by atoms with Gasteiger partial charge >= 0.3 is 5.97 Å². The van der Waals surface area contributed by atoms with Crippen molar-refractivity contribution in [2.75, 3.05) is 20.3 Å². The van der Waals surface area contributed by atoms with E-state index in [-0.39, 0.29) is 12.4 Å². The van der Waals surface area contributed by atoms with Crippen LogP contribution in [0.25, 0.3) is 0 Å². The van der Waals surface area contributed by atoms with E-state index >= 15 is 0 Å². The maximum Gasteiger partial charge on any atom is 0.329 e. The predicted octanol–water partition coefficient (Wildman–Crippen LogP) is -0.438. The van der Waals surface area contributed by atoms with Crippen LogP contribution in [0.15, 0.2) is 24.3 Å². The number of hydrogen-bond donors (Lipinski definition) is 3. The summed E-state index contributed by atoms with van der Waals surface area (Å²) in [6.07, 6.45) is 0. The van der Waals surface area contributed by atoms with Crippen molar-refractivity contribution in [3.05, 3.63) is 29.8 Å². The van der Waals surface area contributed by atoms with E-state index in [1.54, 1.807) is 19.1 Å². The third-order valence-electron chi connectivity index (χ3n) is 5.02. The summed E-state index contributed by atoms with van der Waals surface area (Å²) in [7, 11) is 1.37. The number of nitrogens with zero attached hydrogens (tertiary/aromatic N) is 1. The Hall–Kier alpha value is -2.45. The van der Waals surface area contributed by atoms with Gasteiger partial charge in [0.15, 0.2) is 5.54 Å². The summed E-state index contributed by atoms with van der Waals surface area (Å²) in [6, 6.07) is 5.47. The van der Waals surface area contributed by atoms with Crippen molar-refractivity contribution in [2.24, 2.45) is 11.8 Å². The Balaban J connectivity index is 2.10. The topological polar surface area (TPSA) is 116 Å². The molecule has 1 aromatic rings. The number of rotatable bonds is 4. The summed E-state index contributed by atoms with van der Waals surface area (Å²) >= 11 is 0. The van der Waals surface area contributed by atoms with Gasteiger partial charge in [0, 0.05) is 13.1 Å². The number of carbonyl (C=O) groups excluding carboxylic acids is 3. The normalized spacial score (nSPS) is 31.3. The molecule has 0 aliphatic carbocycles. The van der Waals surface area contributed by atoms with Gasteiger partial charge in [-0.2, -0.15) is 0 Å². The zero-order valence-electron chi connectivity index (χ0n) is 13.9. The molecule has 25 heavy (non-hydrogen) atoms. The number of esters is 1. The molecule has 4 atom stereocenters. The molecule has 8 heteroatoms. The van der Waals surface area contributed by atoms with Gasteiger partial charge in [0.25, 0.3) is 0 Å². The number of aromatic hydroxyl groups is 1. The number of likely N-dealkylation sites (tertiary alicyclic amines) is 1. The summed E-state index contributed by atoms with van der Waals surface area (Å²) in [5.74, 6) is -3.52. The summed E-state index contributed by atoms with van der Waals surface area (Å²) < 4.78 is 5.07. The minimum absolute atomic E-state index is 0.0584.